The maximum atomic E-state index is 12.8. The third kappa shape index (κ3) is 3.58. The van der Waals surface area contributed by atoms with Gasteiger partial charge < -0.3 is 5.32 Å². The summed E-state index contributed by atoms with van der Waals surface area (Å²) < 4.78 is 0. The first-order valence-electron chi connectivity index (χ1n) is 10.4. The number of amides is 1. The average Bonchev–Trinajstić information content (AvgIpc) is 3.08. The first kappa shape index (κ1) is 17.2. The van der Waals surface area contributed by atoms with E-state index in [0.29, 0.717) is 6.54 Å². The molecule has 6 rings (SSSR count). The first-order valence-corrected chi connectivity index (χ1v) is 11.3. The standard InChI is InChI=1S/C21H31N3OS/c25-20(22-21-11-16-8-17(12-21)10-18(9-16)13-21)15-24-5-3-23(4-6-24)14-19-2-1-7-26-19/h1-2,7,16-18H,3-6,8-15H2,(H,22,25). The van der Waals surface area contributed by atoms with Crippen molar-refractivity contribution in [2.45, 2.75) is 50.6 Å². The second-order valence-electron chi connectivity index (χ2n) is 9.38. The number of carbonyl (C=O) groups is 1. The summed E-state index contributed by atoms with van der Waals surface area (Å²) in [6, 6.07) is 4.35. The molecule has 0 radical (unpaired) electrons. The molecule has 0 aromatic carbocycles. The van der Waals surface area contributed by atoms with E-state index in [1.54, 1.807) is 0 Å². The van der Waals surface area contributed by atoms with E-state index in [1.807, 2.05) is 11.3 Å². The van der Waals surface area contributed by atoms with Crippen molar-refractivity contribution < 1.29 is 4.79 Å². The maximum absolute atomic E-state index is 12.8. The van der Waals surface area contributed by atoms with Crippen molar-refractivity contribution in [2.75, 3.05) is 32.7 Å². The summed E-state index contributed by atoms with van der Waals surface area (Å²) in [6.07, 6.45) is 8.04. The average molecular weight is 374 g/mol. The molecule has 4 nitrogen and oxygen atoms in total. The van der Waals surface area contributed by atoms with E-state index in [2.05, 4.69) is 32.6 Å². The van der Waals surface area contributed by atoms with Crippen LogP contribution in [0.2, 0.25) is 0 Å². The van der Waals surface area contributed by atoms with Crippen LogP contribution < -0.4 is 5.32 Å². The Bertz CT molecular complexity index is 600. The monoisotopic (exact) mass is 373 g/mol. The Morgan fingerprint density at radius 3 is 2.23 bits per heavy atom. The van der Waals surface area contributed by atoms with E-state index in [-0.39, 0.29) is 11.4 Å². The fraction of sp³-hybridized carbons (Fsp3) is 0.762. The van der Waals surface area contributed by atoms with Crippen LogP contribution in [0.1, 0.15) is 43.4 Å². The topological polar surface area (TPSA) is 35.6 Å². The smallest absolute Gasteiger partial charge is 0.234 e. The Morgan fingerprint density at radius 2 is 1.65 bits per heavy atom. The summed E-state index contributed by atoms with van der Waals surface area (Å²) in [5, 5.41) is 5.68. The summed E-state index contributed by atoms with van der Waals surface area (Å²) in [4.78, 5) is 19.1. The van der Waals surface area contributed by atoms with Crippen molar-refractivity contribution in [3.63, 3.8) is 0 Å². The van der Waals surface area contributed by atoms with Crippen molar-refractivity contribution in [3.8, 4) is 0 Å². The summed E-state index contributed by atoms with van der Waals surface area (Å²) >= 11 is 1.84. The Balaban J connectivity index is 1.10. The molecule has 26 heavy (non-hydrogen) atoms. The molecule has 0 unspecified atom stereocenters. The molecule has 5 aliphatic rings. The fourth-order valence-corrected chi connectivity index (χ4v) is 7.28. The van der Waals surface area contributed by atoms with Gasteiger partial charge in [0.2, 0.25) is 5.91 Å². The zero-order chi connectivity index (χ0) is 17.6. The van der Waals surface area contributed by atoms with Crippen LogP contribution in [0.4, 0.5) is 0 Å². The van der Waals surface area contributed by atoms with Gasteiger partial charge in [-0.2, -0.15) is 0 Å². The van der Waals surface area contributed by atoms with Crippen LogP contribution in [0.15, 0.2) is 17.5 Å². The van der Waals surface area contributed by atoms with Gasteiger partial charge in [0.05, 0.1) is 6.54 Å². The lowest BCUT2D eigenvalue weighted by Crippen LogP contribution is -2.61. The molecule has 2 heterocycles. The number of hydrogen-bond acceptors (Lipinski definition) is 4. The predicted molar refractivity (Wildman–Crippen MR) is 105 cm³/mol. The van der Waals surface area contributed by atoms with Crippen LogP contribution in [0.25, 0.3) is 0 Å². The first-order chi connectivity index (χ1) is 12.7. The quantitative estimate of drug-likeness (QED) is 0.862. The van der Waals surface area contributed by atoms with E-state index in [9.17, 15) is 4.79 Å². The summed E-state index contributed by atoms with van der Waals surface area (Å²) in [5.41, 5.74) is 0.160. The highest BCUT2D eigenvalue weighted by atomic mass is 32.1. The molecule has 4 saturated carbocycles. The van der Waals surface area contributed by atoms with Crippen LogP contribution in [0.5, 0.6) is 0 Å². The van der Waals surface area contributed by atoms with Gasteiger partial charge in [-0.1, -0.05) is 6.07 Å². The van der Waals surface area contributed by atoms with Gasteiger partial charge in [0.25, 0.3) is 0 Å². The van der Waals surface area contributed by atoms with Gasteiger partial charge in [0.15, 0.2) is 0 Å². The lowest BCUT2D eigenvalue weighted by atomic mass is 9.53. The minimum absolute atomic E-state index is 0.160. The van der Waals surface area contributed by atoms with E-state index in [0.717, 1.165) is 50.5 Å². The number of thiophene rings is 1. The second-order valence-corrected chi connectivity index (χ2v) is 10.4. The highest BCUT2D eigenvalue weighted by Crippen LogP contribution is 2.55. The van der Waals surface area contributed by atoms with Crippen molar-refractivity contribution in [1.82, 2.24) is 15.1 Å². The van der Waals surface area contributed by atoms with Crippen molar-refractivity contribution in [1.29, 1.82) is 0 Å². The van der Waals surface area contributed by atoms with Gasteiger partial charge >= 0.3 is 0 Å². The summed E-state index contributed by atoms with van der Waals surface area (Å²) in [6.45, 7) is 5.82. The number of nitrogens with zero attached hydrogens (tertiary/aromatic N) is 2. The molecule has 1 aromatic rings. The SMILES string of the molecule is O=C(CN1CCN(Cc2cccs2)CC1)NC12CC3CC(CC(C3)C1)C2. The van der Waals surface area contributed by atoms with Crippen LogP contribution in [0, 0.1) is 17.8 Å². The number of rotatable bonds is 5. The summed E-state index contributed by atoms with van der Waals surface area (Å²) in [5.74, 6) is 2.95. The highest BCUT2D eigenvalue weighted by Gasteiger charge is 2.51. The molecule has 142 valence electrons. The Labute approximate surface area is 160 Å². The molecule has 0 spiro atoms. The molecule has 1 N–H and O–H groups in total. The van der Waals surface area contributed by atoms with E-state index in [1.165, 1.54) is 43.4 Å². The zero-order valence-corrected chi connectivity index (χ0v) is 16.5. The van der Waals surface area contributed by atoms with Gasteiger partial charge in [0, 0.05) is 43.1 Å². The number of carbonyl (C=O) groups excluding carboxylic acids is 1. The third-order valence-electron chi connectivity index (χ3n) is 7.23. The fourth-order valence-electron chi connectivity index (χ4n) is 6.53. The minimum Gasteiger partial charge on any atom is -0.350 e. The Hall–Kier alpha value is -0.910. The van der Waals surface area contributed by atoms with Crippen molar-refractivity contribution in [3.05, 3.63) is 22.4 Å². The van der Waals surface area contributed by atoms with Gasteiger partial charge in [0.1, 0.15) is 0 Å². The maximum Gasteiger partial charge on any atom is 0.234 e. The molecule has 1 saturated heterocycles. The van der Waals surface area contributed by atoms with Crippen LogP contribution in [-0.4, -0.2) is 54.0 Å². The van der Waals surface area contributed by atoms with E-state index >= 15 is 0 Å². The highest BCUT2D eigenvalue weighted by molar-refractivity contribution is 7.09. The summed E-state index contributed by atoms with van der Waals surface area (Å²) in [7, 11) is 0. The molecule has 1 aromatic heterocycles. The zero-order valence-electron chi connectivity index (χ0n) is 15.7. The third-order valence-corrected chi connectivity index (χ3v) is 8.10. The molecular weight excluding hydrogens is 342 g/mol. The molecule has 1 aliphatic heterocycles. The van der Waals surface area contributed by atoms with Crippen LogP contribution >= 0.6 is 11.3 Å². The molecule has 5 fully saturated rings. The van der Waals surface area contributed by atoms with Crippen LogP contribution in [0.3, 0.4) is 0 Å². The van der Waals surface area contributed by atoms with Crippen LogP contribution in [-0.2, 0) is 11.3 Å². The molecule has 4 aliphatic carbocycles. The number of nitrogens with one attached hydrogen (secondary N) is 1. The number of hydrogen-bond donors (Lipinski definition) is 1. The predicted octanol–water partition coefficient (Wildman–Crippen LogP) is 2.95. The Kier molecular flexibility index (Phi) is 4.58. The van der Waals surface area contributed by atoms with Gasteiger partial charge in [-0.05, 0) is 67.7 Å². The van der Waals surface area contributed by atoms with Crippen molar-refractivity contribution in [2.24, 2.45) is 17.8 Å². The van der Waals surface area contributed by atoms with E-state index in [4.69, 9.17) is 0 Å². The molecule has 5 heteroatoms. The Morgan fingerprint density at radius 1 is 1.04 bits per heavy atom. The second kappa shape index (κ2) is 6.92. The molecule has 1 amide bonds. The molecular formula is C21H31N3OS. The normalized spacial score (nSPS) is 37.2. The molecule has 4 bridgehead atoms. The lowest BCUT2D eigenvalue weighted by molar-refractivity contribution is -0.128. The van der Waals surface area contributed by atoms with Crippen molar-refractivity contribution >= 4 is 17.2 Å². The van der Waals surface area contributed by atoms with E-state index < -0.39 is 0 Å². The van der Waals surface area contributed by atoms with Gasteiger partial charge in [-0.15, -0.1) is 11.3 Å². The van der Waals surface area contributed by atoms with Gasteiger partial charge in [-0.25, -0.2) is 0 Å². The minimum atomic E-state index is 0.160. The van der Waals surface area contributed by atoms with Gasteiger partial charge in [-0.3, -0.25) is 14.6 Å². The lowest BCUT2D eigenvalue weighted by Gasteiger charge is -2.57. The number of piperazine rings is 1. The molecule has 0 atom stereocenters. The largest absolute Gasteiger partial charge is 0.350 e.